The summed E-state index contributed by atoms with van der Waals surface area (Å²) in [5.74, 6) is 0.192. The summed E-state index contributed by atoms with van der Waals surface area (Å²) in [4.78, 5) is 11.8. The molecule has 0 fully saturated rings. The summed E-state index contributed by atoms with van der Waals surface area (Å²) in [7, 11) is 0. The number of benzene rings is 1. The Labute approximate surface area is 134 Å². The summed E-state index contributed by atoms with van der Waals surface area (Å²) in [6.45, 7) is 2.21. The van der Waals surface area contributed by atoms with E-state index < -0.39 is 6.10 Å². The molecule has 0 aliphatic rings. The van der Waals surface area contributed by atoms with Crippen molar-refractivity contribution in [2.75, 3.05) is 6.54 Å². The van der Waals surface area contributed by atoms with Crippen LogP contribution in [0.3, 0.4) is 0 Å². The molecule has 2 amide bonds. The second-order valence-electron chi connectivity index (χ2n) is 5.45. The molecule has 6 heteroatoms. The summed E-state index contributed by atoms with van der Waals surface area (Å²) < 4.78 is 18.1. The Kier molecular flexibility index (Phi) is 6.17. The lowest BCUT2D eigenvalue weighted by atomic mass is 10.1. The first-order valence-electron chi connectivity index (χ1n) is 7.55. The van der Waals surface area contributed by atoms with Gasteiger partial charge < -0.3 is 20.2 Å². The van der Waals surface area contributed by atoms with Crippen molar-refractivity contribution in [1.29, 1.82) is 0 Å². The Bertz CT molecular complexity index is 616. The van der Waals surface area contributed by atoms with Gasteiger partial charge in [0.2, 0.25) is 0 Å². The number of rotatable bonds is 7. The minimum absolute atomic E-state index is 0.218. The number of nitrogens with one attached hydrogen (secondary N) is 2. The van der Waals surface area contributed by atoms with Crippen LogP contribution in [0.2, 0.25) is 0 Å². The number of furan rings is 1. The van der Waals surface area contributed by atoms with E-state index in [1.165, 1.54) is 18.4 Å². The number of urea groups is 1. The molecule has 5 nitrogen and oxygen atoms in total. The van der Waals surface area contributed by atoms with Gasteiger partial charge >= 0.3 is 6.03 Å². The Morgan fingerprint density at radius 1 is 1.35 bits per heavy atom. The zero-order valence-corrected chi connectivity index (χ0v) is 13.0. The standard InChI is InChI=1S/C17H21FN2O3/c1-12(10-15(21)16-6-3-9-23-16)20-17(22)19-8-7-13-4-2-5-14(18)11-13/h2-6,9,11-12,15,21H,7-8,10H2,1H3,(H2,19,20,22). The number of aliphatic hydroxyl groups is 1. The topological polar surface area (TPSA) is 74.5 Å². The van der Waals surface area contributed by atoms with E-state index in [9.17, 15) is 14.3 Å². The molecule has 0 radical (unpaired) electrons. The van der Waals surface area contributed by atoms with Crippen LogP contribution in [-0.4, -0.2) is 23.7 Å². The largest absolute Gasteiger partial charge is 0.467 e. The maximum absolute atomic E-state index is 13.0. The van der Waals surface area contributed by atoms with Gasteiger partial charge in [-0.15, -0.1) is 0 Å². The van der Waals surface area contributed by atoms with Gasteiger partial charge in [-0.1, -0.05) is 12.1 Å². The molecule has 0 saturated carbocycles. The van der Waals surface area contributed by atoms with Crippen LogP contribution in [0.5, 0.6) is 0 Å². The molecule has 1 heterocycles. The van der Waals surface area contributed by atoms with Crippen LogP contribution in [-0.2, 0) is 6.42 Å². The number of amides is 2. The van der Waals surface area contributed by atoms with E-state index >= 15 is 0 Å². The molecule has 2 aromatic rings. The lowest BCUT2D eigenvalue weighted by Gasteiger charge is -2.17. The van der Waals surface area contributed by atoms with Crippen molar-refractivity contribution in [2.24, 2.45) is 0 Å². The Morgan fingerprint density at radius 2 is 2.17 bits per heavy atom. The predicted octanol–water partition coefficient (Wildman–Crippen LogP) is 2.77. The molecule has 0 aliphatic carbocycles. The number of hydrogen-bond donors (Lipinski definition) is 3. The van der Waals surface area contributed by atoms with Crippen molar-refractivity contribution in [3.63, 3.8) is 0 Å². The smallest absolute Gasteiger partial charge is 0.315 e. The maximum atomic E-state index is 13.0. The third kappa shape index (κ3) is 5.75. The van der Waals surface area contributed by atoms with Crippen LogP contribution >= 0.6 is 0 Å². The number of carbonyl (C=O) groups is 1. The molecule has 23 heavy (non-hydrogen) atoms. The molecule has 1 aromatic carbocycles. The average molecular weight is 320 g/mol. The molecule has 2 rings (SSSR count). The van der Waals surface area contributed by atoms with Gasteiger partial charge in [0.15, 0.2) is 0 Å². The zero-order chi connectivity index (χ0) is 16.7. The number of carbonyl (C=O) groups excluding carboxylic acids is 1. The van der Waals surface area contributed by atoms with Crippen LogP contribution in [0.4, 0.5) is 9.18 Å². The maximum Gasteiger partial charge on any atom is 0.315 e. The van der Waals surface area contributed by atoms with E-state index in [1.54, 1.807) is 25.1 Å². The molecule has 2 atom stereocenters. The quantitative estimate of drug-likeness (QED) is 0.734. The highest BCUT2D eigenvalue weighted by Crippen LogP contribution is 2.18. The van der Waals surface area contributed by atoms with Crippen LogP contribution < -0.4 is 10.6 Å². The molecular formula is C17H21FN2O3. The zero-order valence-electron chi connectivity index (χ0n) is 13.0. The Morgan fingerprint density at radius 3 is 2.87 bits per heavy atom. The second-order valence-corrected chi connectivity index (χ2v) is 5.45. The van der Waals surface area contributed by atoms with Crippen molar-refractivity contribution in [1.82, 2.24) is 10.6 Å². The second kappa shape index (κ2) is 8.33. The van der Waals surface area contributed by atoms with Gasteiger partial charge in [-0.3, -0.25) is 0 Å². The first-order chi connectivity index (χ1) is 11.0. The molecular weight excluding hydrogens is 299 g/mol. The number of aliphatic hydroxyl groups excluding tert-OH is 1. The SMILES string of the molecule is CC(CC(O)c1ccco1)NC(=O)NCCc1cccc(F)c1. The van der Waals surface area contributed by atoms with E-state index in [-0.39, 0.29) is 17.9 Å². The molecule has 2 unspecified atom stereocenters. The minimum Gasteiger partial charge on any atom is -0.467 e. The van der Waals surface area contributed by atoms with Gasteiger partial charge in [0.25, 0.3) is 0 Å². The van der Waals surface area contributed by atoms with Gasteiger partial charge in [0.1, 0.15) is 17.7 Å². The Hall–Kier alpha value is -2.34. The highest BCUT2D eigenvalue weighted by atomic mass is 19.1. The van der Waals surface area contributed by atoms with E-state index in [0.717, 1.165) is 5.56 Å². The minimum atomic E-state index is -0.757. The summed E-state index contributed by atoms with van der Waals surface area (Å²) in [5.41, 5.74) is 0.826. The first kappa shape index (κ1) is 17.0. The summed E-state index contributed by atoms with van der Waals surface area (Å²) in [5, 5.41) is 15.4. The number of halogens is 1. The molecule has 3 N–H and O–H groups in total. The first-order valence-corrected chi connectivity index (χ1v) is 7.55. The predicted molar refractivity (Wildman–Crippen MR) is 84.4 cm³/mol. The van der Waals surface area contributed by atoms with Crippen molar-refractivity contribution in [2.45, 2.75) is 31.9 Å². The van der Waals surface area contributed by atoms with Crippen molar-refractivity contribution < 1.29 is 18.7 Å². The molecule has 0 saturated heterocycles. The lowest BCUT2D eigenvalue weighted by molar-refractivity contribution is 0.129. The third-order valence-corrected chi connectivity index (χ3v) is 3.41. The monoisotopic (exact) mass is 320 g/mol. The highest BCUT2D eigenvalue weighted by Gasteiger charge is 2.16. The fourth-order valence-electron chi connectivity index (χ4n) is 2.28. The van der Waals surface area contributed by atoms with Gasteiger partial charge in [0.05, 0.1) is 6.26 Å². The van der Waals surface area contributed by atoms with Crippen LogP contribution in [0.1, 0.15) is 30.8 Å². The van der Waals surface area contributed by atoms with E-state index in [2.05, 4.69) is 10.6 Å². The normalized spacial score (nSPS) is 13.3. The van der Waals surface area contributed by atoms with Gasteiger partial charge in [0, 0.05) is 19.0 Å². The number of hydrogen-bond acceptors (Lipinski definition) is 3. The fourth-order valence-corrected chi connectivity index (χ4v) is 2.28. The fraction of sp³-hybridized carbons (Fsp3) is 0.353. The molecule has 0 spiro atoms. The van der Waals surface area contributed by atoms with Gasteiger partial charge in [-0.2, -0.15) is 0 Å². The van der Waals surface area contributed by atoms with Crippen molar-refractivity contribution in [3.05, 3.63) is 59.8 Å². The van der Waals surface area contributed by atoms with Crippen LogP contribution in [0.15, 0.2) is 47.1 Å². The third-order valence-electron chi connectivity index (χ3n) is 3.41. The molecule has 124 valence electrons. The van der Waals surface area contributed by atoms with E-state index in [0.29, 0.717) is 25.1 Å². The summed E-state index contributed by atoms with van der Waals surface area (Å²) in [6, 6.07) is 9.14. The summed E-state index contributed by atoms with van der Waals surface area (Å²) >= 11 is 0. The van der Waals surface area contributed by atoms with Crippen LogP contribution in [0.25, 0.3) is 0 Å². The van der Waals surface area contributed by atoms with Crippen molar-refractivity contribution in [3.8, 4) is 0 Å². The molecule has 0 bridgehead atoms. The van der Waals surface area contributed by atoms with E-state index in [1.807, 2.05) is 6.07 Å². The van der Waals surface area contributed by atoms with Crippen molar-refractivity contribution >= 4 is 6.03 Å². The van der Waals surface area contributed by atoms with Gasteiger partial charge in [-0.25, -0.2) is 9.18 Å². The summed E-state index contributed by atoms with van der Waals surface area (Å²) in [6.07, 6.45) is 1.64. The highest BCUT2D eigenvalue weighted by molar-refractivity contribution is 5.74. The average Bonchev–Trinajstić information content (AvgIpc) is 3.01. The molecule has 0 aliphatic heterocycles. The molecule has 1 aromatic heterocycles. The van der Waals surface area contributed by atoms with E-state index in [4.69, 9.17) is 4.42 Å². The van der Waals surface area contributed by atoms with Gasteiger partial charge in [-0.05, 0) is 43.2 Å². The lowest BCUT2D eigenvalue weighted by Crippen LogP contribution is -2.42. The van der Waals surface area contributed by atoms with Crippen LogP contribution in [0, 0.1) is 5.82 Å². The Balaban J connectivity index is 1.67.